The van der Waals surface area contributed by atoms with Gasteiger partial charge in [0.25, 0.3) is 40.5 Å². The number of hydrogen-bond acceptors (Lipinski definition) is 16. The van der Waals surface area contributed by atoms with Crippen molar-refractivity contribution in [3.8, 4) is 0 Å². The summed E-state index contributed by atoms with van der Waals surface area (Å²) in [4.78, 5) is 11.0. The van der Waals surface area contributed by atoms with Crippen LogP contribution in [0.2, 0.25) is 0 Å². The lowest BCUT2D eigenvalue weighted by molar-refractivity contribution is 0.106. The van der Waals surface area contributed by atoms with E-state index < -0.39 is 77.2 Å². The van der Waals surface area contributed by atoms with Crippen molar-refractivity contribution in [2.45, 2.75) is 14.7 Å². The van der Waals surface area contributed by atoms with Crippen molar-refractivity contribution in [1.82, 2.24) is 0 Å². The van der Waals surface area contributed by atoms with E-state index in [0.717, 1.165) is 36.0 Å². The van der Waals surface area contributed by atoms with Crippen LogP contribution in [0, 0.1) is 0 Å². The first-order valence-corrected chi connectivity index (χ1v) is 24.4. The van der Waals surface area contributed by atoms with E-state index in [2.05, 4.69) is 36.3 Å². The number of hydrazone groups is 1. The second kappa shape index (κ2) is 17.2. The summed E-state index contributed by atoms with van der Waals surface area (Å²) in [6.07, 6.45) is 1.10. The number of para-hydroxylation sites is 1. The molecule has 0 saturated heterocycles. The smallest absolute Gasteiger partial charge is 0.296 e. The molecular weight excluding hydrogens is 939 g/mol. The molecule has 0 amide bonds. The van der Waals surface area contributed by atoms with Gasteiger partial charge in [0, 0.05) is 38.5 Å². The third-order valence-electron chi connectivity index (χ3n) is 9.84. The molecule has 7 aromatic rings. The number of nitrogens with zero attached hydrogens (tertiary/aromatic N) is 5. The molecule has 334 valence electrons. The number of hydrogen-bond donors (Lipinski definition) is 6. The summed E-state index contributed by atoms with van der Waals surface area (Å²) in [5.74, 6) is -0.837. The number of ketones is 1. The van der Waals surface area contributed by atoms with Gasteiger partial charge in [-0.15, -0.1) is 20.5 Å². The molecule has 8 rings (SSSR count). The highest BCUT2D eigenvalue weighted by Gasteiger charge is 2.33. The van der Waals surface area contributed by atoms with Gasteiger partial charge in [-0.05, 0) is 96.6 Å². The van der Waals surface area contributed by atoms with Crippen molar-refractivity contribution in [3.63, 3.8) is 0 Å². The predicted molar refractivity (Wildman–Crippen MR) is 243 cm³/mol. The zero-order chi connectivity index (χ0) is 47.2. The summed E-state index contributed by atoms with van der Waals surface area (Å²) in [5.41, 5.74) is 3.44. The maximum Gasteiger partial charge on any atom is 0.296 e. The number of nitrogens with one attached hydrogen (secondary N) is 2. The summed E-state index contributed by atoms with van der Waals surface area (Å²) in [6, 6.07) is 31.6. The van der Waals surface area contributed by atoms with Crippen LogP contribution in [0.15, 0.2) is 179 Å². The molecule has 0 saturated carbocycles. The summed E-state index contributed by atoms with van der Waals surface area (Å²) in [7, 11) is -19.5. The van der Waals surface area contributed by atoms with E-state index >= 15 is 0 Å². The lowest BCUT2D eigenvalue weighted by Crippen LogP contribution is -2.27. The first kappa shape index (κ1) is 45.2. The molecule has 1 aliphatic rings. The Kier molecular flexibility index (Phi) is 11.8. The van der Waals surface area contributed by atoms with Gasteiger partial charge in [-0.1, -0.05) is 48.5 Å². The fraction of sp³-hybridized carbons (Fsp3) is 0. The van der Waals surface area contributed by atoms with Gasteiger partial charge in [0.1, 0.15) is 15.5 Å². The largest absolute Gasteiger partial charge is 0.356 e. The molecule has 0 unspecified atom stereocenters. The van der Waals surface area contributed by atoms with Crippen LogP contribution in [0.3, 0.4) is 0 Å². The Balaban J connectivity index is 1.15. The first-order valence-electron chi connectivity index (χ1n) is 18.7. The van der Waals surface area contributed by atoms with Crippen molar-refractivity contribution in [2.75, 3.05) is 10.7 Å². The van der Waals surface area contributed by atoms with Crippen molar-refractivity contribution in [3.05, 3.63) is 149 Å². The molecule has 0 heterocycles. The SMILES string of the molecule is O=C1/C(=N\Nc2ccc(N=Nc3ccc(N=Nc4cc(S(=O)(=O)O)ccc4S(=O)(=O)O)c4ccccc34)c3cc(S(=O)(=O)O)ccc23)C(S(=O)(=O)O)=Cc2cc(Nc3ccccc3)ccc21. The highest BCUT2D eigenvalue weighted by Crippen LogP contribution is 2.39. The second-order valence-electron chi connectivity index (χ2n) is 14.1. The molecule has 0 radical (unpaired) electrons. The van der Waals surface area contributed by atoms with Crippen LogP contribution < -0.4 is 10.7 Å². The molecule has 1 aliphatic carbocycles. The minimum Gasteiger partial charge on any atom is -0.356 e. The zero-order valence-corrected chi connectivity index (χ0v) is 36.4. The van der Waals surface area contributed by atoms with Gasteiger partial charge >= 0.3 is 0 Å². The number of fused-ring (bicyclic) bond motifs is 3. The van der Waals surface area contributed by atoms with Crippen LogP contribution in [0.25, 0.3) is 27.6 Å². The standard InChI is InChI=1S/C42H29N7O13S4/c50-42-29-13-10-26(43-25-6-2-1-3-7-25)20-24(29)21-40(66(60,61)62)41(42)49-47-36-17-18-37(33-22-27(63(51,52)53)11-14-32(33)36)46-44-34-15-16-35(31-9-5-4-8-30(31)34)45-48-38-23-28(64(54,55)56)12-19-39(38)65(57,58)59/h1-23,43,47H,(H,51,52,53)(H,54,55,56)(H,57,58,59)(H,60,61,62)/b46-44?,48-45?,49-41-. The number of azo groups is 2. The van der Waals surface area contributed by atoms with Crippen LogP contribution >= 0.6 is 0 Å². The van der Waals surface area contributed by atoms with E-state index in [1.165, 1.54) is 42.5 Å². The Labute approximate surface area is 374 Å². The average Bonchev–Trinajstić information content (AvgIpc) is 3.26. The Morgan fingerprint density at radius 3 is 1.62 bits per heavy atom. The minimum atomic E-state index is -5.02. The maximum absolute atomic E-state index is 13.8. The molecule has 0 aliphatic heterocycles. The first-order chi connectivity index (χ1) is 31.1. The summed E-state index contributed by atoms with van der Waals surface area (Å²) in [6.45, 7) is 0. The Bertz CT molecular complexity index is 3790. The average molecular weight is 968 g/mol. The van der Waals surface area contributed by atoms with Gasteiger partial charge in [-0.2, -0.15) is 38.8 Å². The lowest BCUT2D eigenvalue weighted by Gasteiger charge is -2.18. The Morgan fingerprint density at radius 2 is 1.02 bits per heavy atom. The van der Waals surface area contributed by atoms with Crippen molar-refractivity contribution >= 4 is 119 Å². The highest BCUT2D eigenvalue weighted by atomic mass is 32.2. The molecular formula is C42H29N7O13S4. The number of benzene rings is 7. The normalized spacial score (nSPS) is 14.3. The van der Waals surface area contributed by atoms with E-state index in [0.29, 0.717) is 22.5 Å². The predicted octanol–water partition coefficient (Wildman–Crippen LogP) is 9.20. The van der Waals surface area contributed by atoms with Gasteiger partial charge < -0.3 is 5.32 Å². The molecule has 0 fully saturated rings. The number of Topliss-reactive ketones (excluding diaryl/α,β-unsaturated/α-hetero) is 1. The quantitative estimate of drug-likeness (QED) is 0.0377. The summed E-state index contributed by atoms with van der Waals surface area (Å²) < 4.78 is 137. The Hall–Kier alpha value is -7.42. The zero-order valence-electron chi connectivity index (χ0n) is 33.1. The van der Waals surface area contributed by atoms with Crippen LogP contribution in [-0.2, 0) is 40.5 Å². The molecule has 20 nitrogen and oxygen atoms in total. The van der Waals surface area contributed by atoms with E-state index in [1.807, 2.05) is 18.2 Å². The van der Waals surface area contributed by atoms with Gasteiger partial charge in [-0.25, -0.2) is 0 Å². The van der Waals surface area contributed by atoms with Crippen LogP contribution in [-0.4, -0.2) is 63.4 Å². The monoisotopic (exact) mass is 967 g/mol. The van der Waals surface area contributed by atoms with E-state index in [4.69, 9.17) is 0 Å². The van der Waals surface area contributed by atoms with Crippen LogP contribution in [0.1, 0.15) is 15.9 Å². The number of anilines is 3. The van der Waals surface area contributed by atoms with E-state index in [9.17, 15) is 56.7 Å². The lowest BCUT2D eigenvalue weighted by atomic mass is 9.94. The number of carbonyl (C=O) groups is 1. The van der Waals surface area contributed by atoms with Gasteiger partial charge in [0.15, 0.2) is 5.71 Å². The number of carbonyl (C=O) groups excluding carboxylic acids is 1. The summed E-state index contributed by atoms with van der Waals surface area (Å²) >= 11 is 0. The van der Waals surface area contributed by atoms with Gasteiger partial charge in [0.05, 0.1) is 32.5 Å². The number of rotatable bonds is 12. The summed E-state index contributed by atoms with van der Waals surface area (Å²) in [5, 5.41) is 25.0. The van der Waals surface area contributed by atoms with Crippen molar-refractivity contribution in [2.24, 2.45) is 25.6 Å². The van der Waals surface area contributed by atoms with Gasteiger partial charge in [0.2, 0.25) is 5.78 Å². The third-order valence-corrected chi connectivity index (χ3v) is 13.3. The fourth-order valence-corrected chi connectivity index (χ4v) is 9.06. The molecule has 0 spiro atoms. The molecule has 66 heavy (non-hydrogen) atoms. The maximum atomic E-state index is 13.8. The van der Waals surface area contributed by atoms with Gasteiger partial charge in [-0.3, -0.25) is 28.4 Å². The molecule has 0 atom stereocenters. The second-order valence-corrected chi connectivity index (χ2v) is 19.7. The van der Waals surface area contributed by atoms with E-state index in [-0.39, 0.29) is 44.6 Å². The van der Waals surface area contributed by atoms with Crippen molar-refractivity contribution < 1.29 is 56.7 Å². The molecule has 0 bridgehead atoms. The molecule has 0 aromatic heterocycles. The fourth-order valence-electron chi connectivity index (χ4n) is 6.79. The number of allylic oxidation sites excluding steroid dienone is 1. The van der Waals surface area contributed by atoms with Crippen LogP contribution in [0.4, 0.5) is 39.8 Å². The third kappa shape index (κ3) is 9.51. The minimum absolute atomic E-state index is 0.0547. The van der Waals surface area contributed by atoms with Crippen LogP contribution in [0.5, 0.6) is 0 Å². The highest BCUT2D eigenvalue weighted by molar-refractivity contribution is 7.91. The molecule has 24 heteroatoms. The topological polar surface area (TPSA) is 320 Å². The van der Waals surface area contributed by atoms with E-state index in [1.54, 1.807) is 42.5 Å². The molecule has 7 aromatic carbocycles. The Morgan fingerprint density at radius 1 is 0.455 bits per heavy atom. The van der Waals surface area contributed by atoms with Crippen molar-refractivity contribution in [1.29, 1.82) is 0 Å². The molecule has 6 N–H and O–H groups in total.